The number of fused-ring (bicyclic) bond motifs is 1. The molecule has 0 unspecified atom stereocenters. The van der Waals surface area contributed by atoms with Crippen LogP contribution in [0.3, 0.4) is 0 Å². The number of carbonyl (C=O) groups excluding carboxylic acids is 2. The summed E-state index contributed by atoms with van der Waals surface area (Å²) in [5.41, 5.74) is 2.89. The van der Waals surface area contributed by atoms with Crippen molar-refractivity contribution in [1.82, 2.24) is 0 Å². The first-order valence-corrected chi connectivity index (χ1v) is 13.9. The van der Waals surface area contributed by atoms with Crippen LogP contribution in [-0.2, 0) is 20.7 Å². The van der Waals surface area contributed by atoms with E-state index in [1.165, 1.54) is 6.92 Å². The molecule has 206 valence electrons. The second-order valence-electron chi connectivity index (χ2n) is 10.2. The fourth-order valence-corrected chi connectivity index (χ4v) is 6.07. The van der Waals surface area contributed by atoms with E-state index in [2.05, 4.69) is 20.2 Å². The normalized spacial score (nSPS) is 17.3. The standard InChI is InChI=1S/C31H37N2O5S/c1-22(34)38-29-30(24-14-16-25(36-4)17-15-24)39-28-13-9-7-11-26(28)32(31(29)35)19-21-33(2,3)20-18-23-10-6-8-12-27(23)37-5/h6-17,29-30H,18-21H2,1-5H3/q+1/t29-,30+/m0/s1. The molecule has 39 heavy (non-hydrogen) atoms. The Hall–Kier alpha value is -3.49. The summed E-state index contributed by atoms with van der Waals surface area (Å²) in [6, 6.07) is 23.6. The summed E-state index contributed by atoms with van der Waals surface area (Å²) in [5, 5.41) is -0.397. The summed E-state index contributed by atoms with van der Waals surface area (Å²) in [5.74, 6) is 0.919. The number of rotatable bonds is 10. The fraction of sp³-hybridized carbons (Fsp3) is 0.355. The van der Waals surface area contributed by atoms with Crippen molar-refractivity contribution in [2.24, 2.45) is 0 Å². The third kappa shape index (κ3) is 6.94. The van der Waals surface area contributed by atoms with E-state index < -0.39 is 17.3 Å². The topological polar surface area (TPSA) is 65.1 Å². The number of amides is 1. The molecule has 0 bridgehead atoms. The first kappa shape index (κ1) is 28.5. The van der Waals surface area contributed by atoms with Gasteiger partial charge in [0.15, 0.2) is 6.10 Å². The van der Waals surface area contributed by atoms with Crippen molar-refractivity contribution in [2.75, 3.05) is 52.8 Å². The van der Waals surface area contributed by atoms with Crippen LogP contribution in [-0.4, -0.2) is 70.4 Å². The maximum atomic E-state index is 14.1. The Labute approximate surface area is 235 Å². The van der Waals surface area contributed by atoms with Crippen LogP contribution < -0.4 is 14.4 Å². The number of nitrogens with zero attached hydrogens (tertiary/aromatic N) is 2. The third-order valence-electron chi connectivity index (χ3n) is 7.04. The lowest BCUT2D eigenvalue weighted by atomic mass is 10.1. The number of para-hydroxylation sites is 2. The lowest BCUT2D eigenvalue weighted by molar-refractivity contribution is -0.888. The lowest BCUT2D eigenvalue weighted by Crippen LogP contribution is -2.50. The largest absolute Gasteiger partial charge is 0.497 e. The number of likely N-dealkylation sites (N-methyl/N-ethyl adjacent to an activating group) is 1. The van der Waals surface area contributed by atoms with Crippen molar-refractivity contribution >= 4 is 29.3 Å². The number of ether oxygens (including phenoxy) is 3. The molecule has 3 aromatic carbocycles. The maximum Gasteiger partial charge on any atom is 0.303 e. The average Bonchev–Trinajstić information content (AvgIpc) is 3.05. The van der Waals surface area contributed by atoms with Gasteiger partial charge >= 0.3 is 5.97 Å². The van der Waals surface area contributed by atoms with Crippen LogP contribution in [0.5, 0.6) is 11.5 Å². The Balaban J connectivity index is 1.59. The number of anilines is 1. The number of thioether (sulfide) groups is 1. The maximum absolute atomic E-state index is 14.1. The van der Waals surface area contributed by atoms with Gasteiger partial charge in [0.1, 0.15) is 11.5 Å². The van der Waals surface area contributed by atoms with Crippen molar-refractivity contribution in [3.05, 3.63) is 83.9 Å². The molecule has 2 atom stereocenters. The van der Waals surface area contributed by atoms with Crippen LogP contribution in [0.15, 0.2) is 77.7 Å². The third-order valence-corrected chi connectivity index (χ3v) is 8.41. The van der Waals surface area contributed by atoms with Crippen molar-refractivity contribution < 1.29 is 28.3 Å². The van der Waals surface area contributed by atoms with Gasteiger partial charge in [-0.3, -0.25) is 9.59 Å². The number of hydrogen-bond donors (Lipinski definition) is 0. The van der Waals surface area contributed by atoms with Gasteiger partial charge in [0.2, 0.25) is 0 Å². The number of benzene rings is 3. The van der Waals surface area contributed by atoms with Crippen LogP contribution in [0.4, 0.5) is 5.69 Å². The molecule has 0 radical (unpaired) electrons. The molecule has 8 heteroatoms. The van der Waals surface area contributed by atoms with E-state index in [9.17, 15) is 9.59 Å². The van der Waals surface area contributed by atoms with E-state index in [0.29, 0.717) is 11.0 Å². The van der Waals surface area contributed by atoms with Gasteiger partial charge in [0, 0.05) is 18.2 Å². The summed E-state index contributed by atoms with van der Waals surface area (Å²) in [6.07, 6.45) is -0.106. The number of carbonyl (C=O) groups is 2. The monoisotopic (exact) mass is 549 g/mol. The predicted molar refractivity (Wildman–Crippen MR) is 154 cm³/mol. The Kier molecular flexibility index (Phi) is 9.20. The van der Waals surface area contributed by atoms with Crippen LogP contribution in [0.2, 0.25) is 0 Å². The van der Waals surface area contributed by atoms with Crippen LogP contribution in [0.25, 0.3) is 0 Å². The highest BCUT2D eigenvalue weighted by Crippen LogP contribution is 2.46. The molecule has 0 N–H and O–H groups in total. The summed E-state index contributed by atoms with van der Waals surface area (Å²) in [7, 11) is 7.65. The molecule has 0 aliphatic carbocycles. The van der Waals surface area contributed by atoms with Gasteiger partial charge < -0.3 is 23.6 Å². The van der Waals surface area contributed by atoms with Crippen LogP contribution >= 0.6 is 11.8 Å². The number of esters is 1. The van der Waals surface area contributed by atoms with Crippen LogP contribution in [0, 0.1) is 0 Å². The van der Waals surface area contributed by atoms with E-state index in [0.717, 1.165) is 52.7 Å². The zero-order valence-electron chi connectivity index (χ0n) is 23.3. The Bertz CT molecular complexity index is 1290. The van der Waals surface area contributed by atoms with E-state index in [1.807, 2.05) is 66.7 Å². The molecule has 1 aliphatic rings. The van der Waals surface area contributed by atoms with Crippen molar-refractivity contribution in [3.8, 4) is 11.5 Å². The number of methoxy groups -OCH3 is 2. The molecule has 1 amide bonds. The van der Waals surface area contributed by atoms with Crippen molar-refractivity contribution in [1.29, 1.82) is 0 Å². The molecular weight excluding hydrogens is 512 g/mol. The van der Waals surface area contributed by atoms with Crippen LogP contribution in [0.1, 0.15) is 23.3 Å². The van der Waals surface area contributed by atoms with Crippen molar-refractivity contribution in [3.63, 3.8) is 0 Å². The molecule has 0 aromatic heterocycles. The minimum Gasteiger partial charge on any atom is -0.497 e. The number of quaternary nitrogens is 1. The minimum absolute atomic E-state index is 0.215. The number of hydrogen-bond acceptors (Lipinski definition) is 6. The lowest BCUT2D eigenvalue weighted by Gasteiger charge is -2.34. The van der Waals surface area contributed by atoms with Gasteiger partial charge in [0.05, 0.1) is 58.9 Å². The molecule has 0 spiro atoms. The Morgan fingerprint density at radius 1 is 0.923 bits per heavy atom. The second-order valence-corrected chi connectivity index (χ2v) is 11.4. The van der Waals surface area contributed by atoms with E-state index in [-0.39, 0.29) is 5.91 Å². The first-order chi connectivity index (χ1) is 18.7. The molecule has 0 saturated carbocycles. The summed E-state index contributed by atoms with van der Waals surface area (Å²) < 4.78 is 17.3. The Morgan fingerprint density at radius 3 is 2.31 bits per heavy atom. The Morgan fingerprint density at radius 2 is 1.62 bits per heavy atom. The van der Waals surface area contributed by atoms with Crippen molar-refractivity contribution in [2.45, 2.75) is 29.6 Å². The van der Waals surface area contributed by atoms with Gasteiger partial charge in [-0.2, -0.15) is 0 Å². The molecule has 0 saturated heterocycles. The average molecular weight is 550 g/mol. The first-order valence-electron chi connectivity index (χ1n) is 13.0. The van der Waals surface area contributed by atoms with Gasteiger partial charge in [-0.25, -0.2) is 0 Å². The molecule has 1 aliphatic heterocycles. The zero-order valence-corrected chi connectivity index (χ0v) is 24.1. The minimum atomic E-state index is -0.961. The van der Waals surface area contributed by atoms with Gasteiger partial charge in [-0.05, 0) is 41.5 Å². The molecule has 4 rings (SSSR count). The van der Waals surface area contributed by atoms with Gasteiger partial charge in [-0.15, -0.1) is 11.8 Å². The molecule has 0 fully saturated rings. The molecule has 3 aromatic rings. The molecule has 1 heterocycles. The summed E-state index contributed by atoms with van der Waals surface area (Å²) in [6.45, 7) is 3.44. The summed E-state index contributed by atoms with van der Waals surface area (Å²) in [4.78, 5) is 29.1. The van der Waals surface area contributed by atoms with E-state index in [4.69, 9.17) is 14.2 Å². The quantitative estimate of drug-likeness (QED) is 0.258. The van der Waals surface area contributed by atoms with Gasteiger partial charge in [0.25, 0.3) is 5.91 Å². The highest BCUT2D eigenvalue weighted by Gasteiger charge is 2.41. The predicted octanol–water partition coefficient (Wildman–Crippen LogP) is 5.13. The smallest absolute Gasteiger partial charge is 0.303 e. The molecule has 7 nitrogen and oxygen atoms in total. The van der Waals surface area contributed by atoms with E-state index >= 15 is 0 Å². The summed E-state index contributed by atoms with van der Waals surface area (Å²) >= 11 is 1.55. The fourth-order valence-electron chi connectivity index (χ4n) is 4.75. The van der Waals surface area contributed by atoms with Gasteiger partial charge in [-0.1, -0.05) is 42.5 Å². The highest BCUT2D eigenvalue weighted by molar-refractivity contribution is 7.99. The zero-order chi connectivity index (χ0) is 28.0. The second kappa shape index (κ2) is 12.6. The highest BCUT2D eigenvalue weighted by atomic mass is 32.2. The molecular formula is C31H37N2O5S+. The van der Waals surface area contributed by atoms with E-state index in [1.54, 1.807) is 30.9 Å². The SMILES string of the molecule is COc1ccc([C@H]2Sc3ccccc3N(CC[N+](C)(C)CCc3ccccc3OC)C(=O)[C@H]2OC(C)=O)cc1.